The second-order valence-corrected chi connectivity index (χ2v) is 5.78. The predicted octanol–water partition coefficient (Wildman–Crippen LogP) is 2.85. The van der Waals surface area contributed by atoms with Crippen LogP contribution in [0.5, 0.6) is 0 Å². The summed E-state index contributed by atoms with van der Waals surface area (Å²) in [6.07, 6.45) is 4.27. The van der Waals surface area contributed by atoms with Crippen LogP contribution in [-0.2, 0) is 9.59 Å². The van der Waals surface area contributed by atoms with Gasteiger partial charge in [-0.3, -0.25) is 0 Å². The van der Waals surface area contributed by atoms with Crippen molar-refractivity contribution in [2.75, 3.05) is 0 Å². The number of fused-ring (bicyclic) bond motifs is 1. The molecule has 4 heteroatoms. The molecule has 2 N–H and O–H groups in total. The molecule has 0 spiro atoms. The van der Waals surface area contributed by atoms with E-state index < -0.39 is 11.9 Å². The van der Waals surface area contributed by atoms with E-state index >= 15 is 0 Å². The fraction of sp³-hybridized carbons (Fsp3) is 0.600. The molecule has 19 heavy (non-hydrogen) atoms. The summed E-state index contributed by atoms with van der Waals surface area (Å²) < 4.78 is 0. The Balaban J connectivity index is 2.44. The molecule has 0 amide bonds. The average Bonchev–Trinajstić information content (AvgIpc) is 2.36. The highest BCUT2D eigenvalue weighted by Gasteiger charge is 2.36. The third kappa shape index (κ3) is 2.57. The van der Waals surface area contributed by atoms with Gasteiger partial charge in [-0.2, -0.15) is 0 Å². The van der Waals surface area contributed by atoms with Crippen LogP contribution in [0.3, 0.4) is 0 Å². The van der Waals surface area contributed by atoms with Gasteiger partial charge in [0, 0.05) is 17.1 Å². The van der Waals surface area contributed by atoms with Crippen molar-refractivity contribution in [1.82, 2.24) is 0 Å². The Bertz CT molecular complexity index is 471. The van der Waals surface area contributed by atoms with Crippen molar-refractivity contribution in [3.63, 3.8) is 0 Å². The minimum atomic E-state index is -0.871. The number of allylic oxidation sites excluding steroid dienone is 2. The van der Waals surface area contributed by atoms with Gasteiger partial charge < -0.3 is 10.2 Å². The smallest absolute Gasteiger partial charge is 0.331 e. The van der Waals surface area contributed by atoms with Crippen LogP contribution in [-0.4, -0.2) is 22.2 Å². The molecular weight excluding hydrogens is 244 g/mol. The Kier molecular flexibility index (Phi) is 3.78. The molecule has 0 aliphatic heterocycles. The summed E-state index contributed by atoms with van der Waals surface area (Å²) in [6, 6.07) is 0. The minimum Gasteiger partial charge on any atom is -0.478 e. The highest BCUT2D eigenvalue weighted by Crippen LogP contribution is 2.45. The average molecular weight is 264 g/mol. The zero-order chi connectivity index (χ0) is 14.2. The molecule has 0 aromatic rings. The highest BCUT2D eigenvalue weighted by molar-refractivity contribution is 5.90. The van der Waals surface area contributed by atoms with E-state index in [2.05, 4.69) is 13.8 Å². The molecule has 0 saturated heterocycles. The first-order valence-corrected chi connectivity index (χ1v) is 6.81. The van der Waals surface area contributed by atoms with Gasteiger partial charge in [0.1, 0.15) is 0 Å². The molecule has 0 unspecified atom stereocenters. The van der Waals surface area contributed by atoms with Crippen molar-refractivity contribution in [2.45, 2.75) is 39.5 Å². The summed E-state index contributed by atoms with van der Waals surface area (Å²) in [4.78, 5) is 22.4. The van der Waals surface area contributed by atoms with Crippen molar-refractivity contribution < 1.29 is 19.8 Å². The van der Waals surface area contributed by atoms with Gasteiger partial charge in [0.2, 0.25) is 0 Å². The number of carboxylic acids is 2. The maximum Gasteiger partial charge on any atom is 0.331 e. The molecule has 2 rings (SSSR count). The van der Waals surface area contributed by atoms with Gasteiger partial charge in [-0.05, 0) is 37.5 Å². The third-order valence-electron chi connectivity index (χ3n) is 4.41. The summed E-state index contributed by atoms with van der Waals surface area (Å²) in [7, 11) is 0. The second-order valence-electron chi connectivity index (χ2n) is 5.78. The van der Waals surface area contributed by atoms with Gasteiger partial charge in [0.25, 0.3) is 0 Å². The zero-order valence-electron chi connectivity index (χ0n) is 11.3. The largest absolute Gasteiger partial charge is 0.478 e. The zero-order valence-corrected chi connectivity index (χ0v) is 11.3. The van der Waals surface area contributed by atoms with Crippen molar-refractivity contribution in [1.29, 1.82) is 0 Å². The van der Waals surface area contributed by atoms with Crippen LogP contribution in [0.2, 0.25) is 0 Å². The lowest BCUT2D eigenvalue weighted by Crippen LogP contribution is -2.30. The third-order valence-corrected chi connectivity index (χ3v) is 4.41. The fourth-order valence-corrected chi connectivity index (χ4v) is 3.39. The SMILES string of the molecule is CC(C)[C@H]1CCC(C(=O)O)=C2CCC(C(=O)O)=C[C@@H]21. The lowest BCUT2D eigenvalue weighted by atomic mass is 9.66. The van der Waals surface area contributed by atoms with Crippen LogP contribution in [0.15, 0.2) is 22.8 Å². The summed E-state index contributed by atoms with van der Waals surface area (Å²) in [6.45, 7) is 4.24. The predicted molar refractivity (Wildman–Crippen MR) is 70.7 cm³/mol. The van der Waals surface area contributed by atoms with Gasteiger partial charge in [-0.25, -0.2) is 9.59 Å². The quantitative estimate of drug-likeness (QED) is 0.822. The number of carboxylic acid groups (broad SMARTS) is 2. The van der Waals surface area contributed by atoms with E-state index in [1.165, 1.54) is 0 Å². The lowest BCUT2D eigenvalue weighted by molar-refractivity contribution is -0.133. The number of carbonyl (C=O) groups is 2. The number of hydrogen-bond donors (Lipinski definition) is 2. The molecule has 0 saturated carbocycles. The Morgan fingerprint density at radius 2 is 1.84 bits per heavy atom. The van der Waals surface area contributed by atoms with Crippen LogP contribution in [0, 0.1) is 17.8 Å². The fourth-order valence-electron chi connectivity index (χ4n) is 3.39. The van der Waals surface area contributed by atoms with Crippen LogP contribution in [0.25, 0.3) is 0 Å². The Labute approximate surface area is 112 Å². The van der Waals surface area contributed by atoms with Crippen LogP contribution >= 0.6 is 0 Å². The molecule has 0 fully saturated rings. The monoisotopic (exact) mass is 264 g/mol. The number of hydrogen-bond acceptors (Lipinski definition) is 2. The Hall–Kier alpha value is -1.58. The molecule has 0 aromatic heterocycles. The van der Waals surface area contributed by atoms with E-state index in [0.717, 1.165) is 12.0 Å². The maximum absolute atomic E-state index is 11.3. The van der Waals surface area contributed by atoms with Gasteiger partial charge in [-0.15, -0.1) is 0 Å². The maximum atomic E-state index is 11.3. The van der Waals surface area contributed by atoms with Crippen LogP contribution < -0.4 is 0 Å². The molecule has 0 radical (unpaired) electrons. The van der Waals surface area contributed by atoms with E-state index in [-0.39, 0.29) is 5.92 Å². The minimum absolute atomic E-state index is 0.000278. The molecule has 0 aromatic carbocycles. The lowest BCUT2D eigenvalue weighted by Gasteiger charge is -2.38. The molecular formula is C15H20O4. The van der Waals surface area contributed by atoms with E-state index in [1.807, 2.05) is 0 Å². The van der Waals surface area contributed by atoms with E-state index in [0.29, 0.717) is 42.2 Å². The number of rotatable bonds is 3. The first-order chi connectivity index (χ1) is 8.91. The topological polar surface area (TPSA) is 74.6 Å². The summed E-state index contributed by atoms with van der Waals surface area (Å²) in [5.41, 5.74) is 1.91. The normalized spacial score (nSPS) is 27.0. The van der Waals surface area contributed by atoms with Gasteiger partial charge in [0.05, 0.1) is 0 Å². The van der Waals surface area contributed by atoms with Crippen molar-refractivity contribution in [2.24, 2.45) is 17.8 Å². The van der Waals surface area contributed by atoms with Crippen molar-refractivity contribution in [3.8, 4) is 0 Å². The molecule has 4 nitrogen and oxygen atoms in total. The van der Waals surface area contributed by atoms with Crippen molar-refractivity contribution >= 4 is 11.9 Å². The molecule has 104 valence electrons. The first kappa shape index (κ1) is 13.8. The second kappa shape index (κ2) is 5.19. The summed E-state index contributed by atoms with van der Waals surface area (Å²) >= 11 is 0. The number of aliphatic carboxylic acids is 2. The molecule has 0 heterocycles. The van der Waals surface area contributed by atoms with Gasteiger partial charge in [0.15, 0.2) is 0 Å². The van der Waals surface area contributed by atoms with Crippen LogP contribution in [0.1, 0.15) is 39.5 Å². The molecule has 2 aliphatic carbocycles. The van der Waals surface area contributed by atoms with E-state index in [4.69, 9.17) is 5.11 Å². The first-order valence-electron chi connectivity index (χ1n) is 6.81. The van der Waals surface area contributed by atoms with Gasteiger partial charge in [-0.1, -0.05) is 25.5 Å². The standard InChI is InChI=1S/C15H20O4/c1-8(2)10-5-6-12(15(18)19)11-4-3-9(14(16)17)7-13(10)11/h7-8,10,13H,3-6H2,1-2H3,(H,16,17)(H,18,19)/t10-,13-/m1/s1. The summed E-state index contributed by atoms with van der Waals surface area (Å²) in [5, 5.41) is 18.4. The summed E-state index contributed by atoms with van der Waals surface area (Å²) in [5.74, 6) is -0.925. The van der Waals surface area contributed by atoms with E-state index in [9.17, 15) is 14.7 Å². The molecule has 2 atom stereocenters. The van der Waals surface area contributed by atoms with Crippen LogP contribution in [0.4, 0.5) is 0 Å². The Morgan fingerprint density at radius 3 is 2.37 bits per heavy atom. The highest BCUT2D eigenvalue weighted by atomic mass is 16.4. The van der Waals surface area contributed by atoms with E-state index in [1.54, 1.807) is 6.08 Å². The molecule has 0 bridgehead atoms. The Morgan fingerprint density at radius 1 is 1.16 bits per heavy atom. The van der Waals surface area contributed by atoms with Gasteiger partial charge >= 0.3 is 11.9 Å². The molecule has 2 aliphatic rings. The van der Waals surface area contributed by atoms with Crippen molar-refractivity contribution in [3.05, 3.63) is 22.8 Å².